The number of Topliss-reactive ketones (excluding diaryl/α,β-unsaturated/α-hetero) is 1. The molecule has 166 valence electrons. The molecule has 10 heteroatoms. The summed E-state index contributed by atoms with van der Waals surface area (Å²) in [6.07, 6.45) is 0. The summed E-state index contributed by atoms with van der Waals surface area (Å²) in [5.74, 6) is -1.96. The summed E-state index contributed by atoms with van der Waals surface area (Å²) in [7, 11) is -3.73. The quantitative estimate of drug-likeness (QED) is 0.465. The van der Waals surface area contributed by atoms with Gasteiger partial charge >= 0.3 is 5.76 Å². The molecular formula is C21H23FN2O6S. The van der Waals surface area contributed by atoms with Gasteiger partial charge in [-0.05, 0) is 37.3 Å². The molecule has 0 amide bonds. The van der Waals surface area contributed by atoms with Crippen LogP contribution in [0.1, 0.15) is 31.1 Å². The number of oxazole rings is 1. The van der Waals surface area contributed by atoms with Gasteiger partial charge in [-0.3, -0.25) is 9.36 Å². The maximum Gasteiger partial charge on any atom is 0.420 e. The number of rotatable bonds is 9. The van der Waals surface area contributed by atoms with Crippen molar-refractivity contribution in [1.29, 1.82) is 0 Å². The SMILES string of the molecule is CCOc1ccc(C(=O)Cn2c(=O)oc3cc(S(=O)(=O)N(CC)CC)ccc32)cc1F. The first-order valence-electron chi connectivity index (χ1n) is 9.82. The van der Waals surface area contributed by atoms with Gasteiger partial charge in [0.05, 0.1) is 23.6 Å². The number of fused-ring (bicyclic) bond motifs is 1. The van der Waals surface area contributed by atoms with Gasteiger partial charge in [0.1, 0.15) is 0 Å². The number of ketones is 1. The number of halogens is 1. The second-order valence-electron chi connectivity index (χ2n) is 6.67. The van der Waals surface area contributed by atoms with Crippen LogP contribution in [0.3, 0.4) is 0 Å². The van der Waals surface area contributed by atoms with Gasteiger partial charge in [0.25, 0.3) is 0 Å². The number of benzene rings is 2. The van der Waals surface area contributed by atoms with E-state index in [1.807, 2.05) is 0 Å². The smallest absolute Gasteiger partial charge is 0.420 e. The maximum absolute atomic E-state index is 14.1. The monoisotopic (exact) mass is 450 g/mol. The van der Waals surface area contributed by atoms with Crippen molar-refractivity contribution in [2.45, 2.75) is 32.2 Å². The molecule has 0 radical (unpaired) electrons. The molecule has 2 aromatic carbocycles. The van der Waals surface area contributed by atoms with E-state index in [0.29, 0.717) is 13.1 Å². The summed E-state index contributed by atoms with van der Waals surface area (Å²) in [6.45, 7) is 5.67. The Morgan fingerprint density at radius 3 is 2.45 bits per heavy atom. The molecule has 8 nitrogen and oxygen atoms in total. The van der Waals surface area contributed by atoms with Gasteiger partial charge in [-0.15, -0.1) is 0 Å². The Balaban J connectivity index is 1.94. The van der Waals surface area contributed by atoms with Crippen molar-refractivity contribution in [3.8, 4) is 5.75 Å². The topological polar surface area (TPSA) is 98.8 Å². The summed E-state index contributed by atoms with van der Waals surface area (Å²) in [4.78, 5) is 24.9. The van der Waals surface area contributed by atoms with E-state index in [1.54, 1.807) is 20.8 Å². The lowest BCUT2D eigenvalue weighted by molar-refractivity contribution is 0.0970. The highest BCUT2D eigenvalue weighted by atomic mass is 32.2. The molecule has 0 saturated heterocycles. The zero-order valence-electron chi connectivity index (χ0n) is 17.4. The average molecular weight is 450 g/mol. The summed E-state index contributed by atoms with van der Waals surface area (Å²) in [5.41, 5.74) is 0.384. The molecule has 3 rings (SSSR count). The van der Waals surface area contributed by atoms with Gasteiger partial charge in [0, 0.05) is 24.7 Å². The molecule has 0 aliphatic carbocycles. The third kappa shape index (κ3) is 4.40. The van der Waals surface area contributed by atoms with Crippen LogP contribution in [-0.4, -0.2) is 42.8 Å². The van der Waals surface area contributed by atoms with Crippen molar-refractivity contribution in [1.82, 2.24) is 8.87 Å². The summed E-state index contributed by atoms with van der Waals surface area (Å²) in [5, 5.41) is 0. The first-order chi connectivity index (χ1) is 14.7. The number of sulfonamides is 1. The van der Waals surface area contributed by atoms with Crippen LogP contribution < -0.4 is 10.5 Å². The van der Waals surface area contributed by atoms with Gasteiger partial charge in [-0.2, -0.15) is 4.31 Å². The molecule has 1 heterocycles. The molecule has 0 atom stereocenters. The fraction of sp³-hybridized carbons (Fsp3) is 0.333. The van der Waals surface area contributed by atoms with Crippen LogP contribution in [0.25, 0.3) is 11.1 Å². The zero-order valence-corrected chi connectivity index (χ0v) is 18.2. The van der Waals surface area contributed by atoms with Crippen LogP contribution >= 0.6 is 0 Å². The van der Waals surface area contributed by atoms with Crippen LogP contribution in [0.15, 0.2) is 50.5 Å². The normalized spacial score (nSPS) is 11.9. The highest BCUT2D eigenvalue weighted by Gasteiger charge is 2.23. The molecule has 0 fully saturated rings. The van der Waals surface area contributed by atoms with Crippen LogP contribution in [0.4, 0.5) is 4.39 Å². The summed E-state index contributed by atoms with van der Waals surface area (Å²) >= 11 is 0. The summed E-state index contributed by atoms with van der Waals surface area (Å²) in [6, 6.07) is 7.87. The standard InChI is InChI=1S/C21H23FN2O6S/c1-4-23(5-2)31(27,28)15-8-9-17-20(12-15)30-21(26)24(17)13-18(25)14-7-10-19(29-6-3)16(22)11-14/h7-12H,4-6,13H2,1-3H3. The van der Waals surface area contributed by atoms with Gasteiger partial charge in [-0.1, -0.05) is 13.8 Å². The Labute approximate surface area is 178 Å². The van der Waals surface area contributed by atoms with Crippen molar-refractivity contribution in [2.75, 3.05) is 19.7 Å². The average Bonchev–Trinajstić information content (AvgIpc) is 3.04. The molecule has 3 aromatic rings. The number of hydrogen-bond acceptors (Lipinski definition) is 6. The first kappa shape index (κ1) is 22.7. The molecule has 0 saturated carbocycles. The molecular weight excluding hydrogens is 427 g/mol. The molecule has 0 unspecified atom stereocenters. The molecule has 1 aromatic heterocycles. The third-order valence-corrected chi connectivity index (χ3v) is 6.88. The third-order valence-electron chi connectivity index (χ3n) is 4.84. The highest BCUT2D eigenvalue weighted by Crippen LogP contribution is 2.23. The second kappa shape index (κ2) is 9.03. The van der Waals surface area contributed by atoms with Crippen molar-refractivity contribution < 1.29 is 26.8 Å². The van der Waals surface area contributed by atoms with E-state index < -0.39 is 27.4 Å². The van der Waals surface area contributed by atoms with Crippen LogP contribution in [0.5, 0.6) is 5.75 Å². The van der Waals surface area contributed by atoms with Crippen LogP contribution in [-0.2, 0) is 16.6 Å². The lowest BCUT2D eigenvalue weighted by atomic mass is 10.1. The highest BCUT2D eigenvalue weighted by molar-refractivity contribution is 7.89. The molecule has 0 aliphatic heterocycles. The van der Waals surface area contributed by atoms with E-state index in [1.165, 1.54) is 34.6 Å². The van der Waals surface area contributed by atoms with E-state index in [-0.39, 0.29) is 40.5 Å². The Kier molecular flexibility index (Phi) is 6.61. The van der Waals surface area contributed by atoms with E-state index in [0.717, 1.165) is 10.6 Å². The second-order valence-corrected chi connectivity index (χ2v) is 8.61. The molecule has 0 N–H and O–H groups in total. The number of hydrogen-bond donors (Lipinski definition) is 0. The van der Waals surface area contributed by atoms with Crippen LogP contribution in [0, 0.1) is 5.82 Å². The number of aromatic nitrogens is 1. The maximum atomic E-state index is 14.1. The van der Waals surface area contributed by atoms with Gasteiger partial charge < -0.3 is 9.15 Å². The minimum Gasteiger partial charge on any atom is -0.491 e. The van der Waals surface area contributed by atoms with E-state index in [9.17, 15) is 22.4 Å². The van der Waals surface area contributed by atoms with Gasteiger partial charge in [-0.25, -0.2) is 17.6 Å². The lowest BCUT2D eigenvalue weighted by Gasteiger charge is -2.18. The first-order valence-corrected chi connectivity index (χ1v) is 11.3. The van der Waals surface area contributed by atoms with Crippen molar-refractivity contribution in [3.63, 3.8) is 0 Å². The lowest BCUT2D eigenvalue weighted by Crippen LogP contribution is -2.30. The minimum absolute atomic E-state index is 0.00971. The Morgan fingerprint density at radius 1 is 1.13 bits per heavy atom. The predicted octanol–water partition coefficient (Wildman–Crippen LogP) is 3.05. The van der Waals surface area contributed by atoms with Crippen molar-refractivity contribution >= 4 is 26.9 Å². The van der Waals surface area contributed by atoms with E-state index in [4.69, 9.17) is 9.15 Å². The van der Waals surface area contributed by atoms with Gasteiger partial charge in [0.15, 0.2) is 22.9 Å². The van der Waals surface area contributed by atoms with E-state index in [2.05, 4.69) is 0 Å². The molecule has 0 bridgehead atoms. The number of carbonyl (C=O) groups is 1. The van der Waals surface area contributed by atoms with Crippen molar-refractivity contribution in [2.24, 2.45) is 0 Å². The fourth-order valence-electron chi connectivity index (χ4n) is 3.25. The summed E-state index contributed by atoms with van der Waals surface area (Å²) < 4.78 is 52.1. The predicted molar refractivity (Wildman–Crippen MR) is 112 cm³/mol. The largest absolute Gasteiger partial charge is 0.491 e. The number of ether oxygens (including phenoxy) is 1. The molecule has 31 heavy (non-hydrogen) atoms. The van der Waals surface area contributed by atoms with Crippen LogP contribution in [0.2, 0.25) is 0 Å². The fourth-order valence-corrected chi connectivity index (χ4v) is 4.73. The Hall–Kier alpha value is -2.98. The zero-order chi connectivity index (χ0) is 22.8. The van der Waals surface area contributed by atoms with Gasteiger partial charge in [0.2, 0.25) is 10.0 Å². The Bertz CT molecular complexity index is 1270. The number of nitrogens with zero attached hydrogens (tertiary/aromatic N) is 2. The molecule has 0 spiro atoms. The Morgan fingerprint density at radius 2 is 1.84 bits per heavy atom. The van der Waals surface area contributed by atoms with Crippen molar-refractivity contribution in [3.05, 3.63) is 58.3 Å². The molecule has 0 aliphatic rings. The van der Waals surface area contributed by atoms with E-state index >= 15 is 0 Å². The minimum atomic E-state index is -3.73. The number of carbonyl (C=O) groups excluding carboxylic acids is 1.